The lowest BCUT2D eigenvalue weighted by atomic mass is 9.93. The smallest absolute Gasteiger partial charge is 0.122 e. The Kier molecular flexibility index (Phi) is 4.94. The van der Waals surface area contributed by atoms with Crippen LogP contribution in [-0.4, -0.2) is 12.1 Å². The van der Waals surface area contributed by atoms with Gasteiger partial charge in [0.05, 0.1) is 12.1 Å². The first-order chi connectivity index (χ1) is 7.97. The highest BCUT2D eigenvalue weighted by Gasteiger charge is 2.10. The van der Waals surface area contributed by atoms with Gasteiger partial charge in [-0.3, -0.25) is 0 Å². The maximum atomic E-state index is 5.52. The minimum atomic E-state index is 0.602. The van der Waals surface area contributed by atoms with Gasteiger partial charge in [-0.25, -0.2) is 0 Å². The van der Waals surface area contributed by atoms with Crippen LogP contribution >= 0.6 is 12.2 Å². The van der Waals surface area contributed by atoms with Crippen molar-refractivity contribution in [1.29, 1.82) is 0 Å². The summed E-state index contributed by atoms with van der Waals surface area (Å²) in [7, 11) is 1.72. The van der Waals surface area contributed by atoms with E-state index in [1.807, 2.05) is 0 Å². The van der Waals surface area contributed by atoms with Crippen molar-refractivity contribution in [1.82, 2.24) is 0 Å². The van der Waals surface area contributed by atoms with Crippen molar-refractivity contribution < 1.29 is 4.74 Å². The Morgan fingerprint density at radius 2 is 1.94 bits per heavy atom. The monoisotopic (exact) mass is 251 g/mol. The van der Waals surface area contributed by atoms with Gasteiger partial charge in [0.15, 0.2) is 0 Å². The molecule has 1 aromatic carbocycles. The van der Waals surface area contributed by atoms with E-state index in [1.165, 1.54) is 22.3 Å². The molecule has 0 radical (unpaired) electrons. The predicted octanol–water partition coefficient (Wildman–Crippen LogP) is 3.23. The van der Waals surface area contributed by atoms with E-state index < -0.39 is 0 Å². The van der Waals surface area contributed by atoms with E-state index in [0.29, 0.717) is 4.99 Å². The number of ether oxygens (including phenoxy) is 1. The SMILES string of the molecule is COc1cc(C)c(CCCC(N)=S)c(C)c1C. The second-order valence-electron chi connectivity index (χ2n) is 4.44. The van der Waals surface area contributed by atoms with Gasteiger partial charge in [0, 0.05) is 0 Å². The number of hydrogen-bond acceptors (Lipinski definition) is 2. The van der Waals surface area contributed by atoms with Crippen LogP contribution in [-0.2, 0) is 6.42 Å². The highest BCUT2D eigenvalue weighted by Crippen LogP contribution is 2.28. The number of nitrogens with two attached hydrogens (primary N) is 1. The lowest BCUT2D eigenvalue weighted by Crippen LogP contribution is -2.08. The lowest BCUT2D eigenvalue weighted by molar-refractivity contribution is 0.410. The molecular formula is C14H21NOS. The first kappa shape index (κ1) is 14.0. The first-order valence-corrected chi connectivity index (χ1v) is 6.30. The van der Waals surface area contributed by atoms with Gasteiger partial charge in [0.25, 0.3) is 0 Å². The van der Waals surface area contributed by atoms with Crippen LogP contribution in [0.4, 0.5) is 0 Å². The van der Waals surface area contributed by atoms with Crippen molar-refractivity contribution in [2.24, 2.45) is 5.73 Å². The molecule has 0 unspecified atom stereocenters. The minimum absolute atomic E-state index is 0.602. The molecule has 0 aliphatic heterocycles. The fourth-order valence-electron chi connectivity index (χ4n) is 2.13. The number of rotatable bonds is 5. The van der Waals surface area contributed by atoms with Crippen molar-refractivity contribution in [2.45, 2.75) is 40.0 Å². The highest BCUT2D eigenvalue weighted by molar-refractivity contribution is 7.80. The first-order valence-electron chi connectivity index (χ1n) is 5.89. The summed E-state index contributed by atoms with van der Waals surface area (Å²) in [5, 5.41) is 0. The topological polar surface area (TPSA) is 35.2 Å². The number of aryl methyl sites for hydroxylation is 1. The van der Waals surface area contributed by atoms with Crippen LogP contribution in [0.15, 0.2) is 6.07 Å². The van der Waals surface area contributed by atoms with Crippen molar-refractivity contribution in [3.05, 3.63) is 28.3 Å². The standard InChI is InChI=1S/C14H21NOS/c1-9-8-13(16-4)11(3)10(2)12(9)6-5-7-14(15)17/h8H,5-7H2,1-4H3,(H2,15,17). The Bertz CT molecular complexity index is 427. The third kappa shape index (κ3) is 3.43. The van der Waals surface area contributed by atoms with Crippen LogP contribution in [0.1, 0.15) is 35.1 Å². The number of thiocarbonyl (C=S) groups is 1. The molecule has 0 aliphatic rings. The molecule has 2 N–H and O–H groups in total. The van der Waals surface area contributed by atoms with Gasteiger partial charge < -0.3 is 10.5 Å². The third-order valence-electron chi connectivity index (χ3n) is 3.28. The Hall–Kier alpha value is -1.09. The Labute approximate surface area is 109 Å². The summed E-state index contributed by atoms with van der Waals surface area (Å²) >= 11 is 4.90. The van der Waals surface area contributed by atoms with Crippen molar-refractivity contribution in [3.63, 3.8) is 0 Å². The van der Waals surface area contributed by atoms with E-state index in [2.05, 4.69) is 26.8 Å². The summed E-state index contributed by atoms with van der Waals surface area (Å²) in [5.41, 5.74) is 10.8. The second-order valence-corrected chi connectivity index (χ2v) is 4.97. The average Bonchev–Trinajstić information content (AvgIpc) is 2.27. The second kappa shape index (κ2) is 6.01. The van der Waals surface area contributed by atoms with Crippen LogP contribution in [0.2, 0.25) is 0 Å². The Morgan fingerprint density at radius 3 is 2.47 bits per heavy atom. The quantitative estimate of drug-likeness (QED) is 0.816. The highest BCUT2D eigenvalue weighted by atomic mass is 32.1. The van der Waals surface area contributed by atoms with Gasteiger partial charge in [-0.05, 0) is 68.4 Å². The van der Waals surface area contributed by atoms with Gasteiger partial charge in [-0.1, -0.05) is 12.2 Å². The molecule has 2 nitrogen and oxygen atoms in total. The van der Waals surface area contributed by atoms with Crippen LogP contribution in [0.25, 0.3) is 0 Å². The zero-order chi connectivity index (χ0) is 13.0. The molecule has 0 aromatic heterocycles. The number of methoxy groups -OCH3 is 1. The molecule has 0 saturated carbocycles. The summed E-state index contributed by atoms with van der Waals surface area (Å²) in [5.74, 6) is 0.970. The summed E-state index contributed by atoms with van der Waals surface area (Å²) in [4.78, 5) is 0.602. The van der Waals surface area contributed by atoms with Gasteiger partial charge in [-0.15, -0.1) is 0 Å². The van der Waals surface area contributed by atoms with Gasteiger partial charge in [0.1, 0.15) is 5.75 Å². The van der Waals surface area contributed by atoms with Crippen LogP contribution in [0, 0.1) is 20.8 Å². The lowest BCUT2D eigenvalue weighted by Gasteiger charge is -2.15. The van der Waals surface area contributed by atoms with E-state index >= 15 is 0 Å². The van der Waals surface area contributed by atoms with E-state index in [-0.39, 0.29) is 0 Å². The molecule has 17 heavy (non-hydrogen) atoms. The molecule has 0 bridgehead atoms. The van der Waals surface area contributed by atoms with Crippen molar-refractivity contribution in [2.75, 3.05) is 7.11 Å². The molecule has 0 spiro atoms. The molecule has 0 atom stereocenters. The molecule has 0 heterocycles. The zero-order valence-electron chi connectivity index (χ0n) is 11.1. The van der Waals surface area contributed by atoms with E-state index in [9.17, 15) is 0 Å². The maximum absolute atomic E-state index is 5.52. The molecule has 0 saturated heterocycles. The van der Waals surface area contributed by atoms with Crippen LogP contribution in [0.3, 0.4) is 0 Å². The zero-order valence-corrected chi connectivity index (χ0v) is 11.9. The van der Waals surface area contributed by atoms with Crippen molar-refractivity contribution >= 4 is 17.2 Å². The Balaban J connectivity index is 2.92. The summed E-state index contributed by atoms with van der Waals surface area (Å²) in [6, 6.07) is 2.11. The largest absolute Gasteiger partial charge is 0.496 e. The molecule has 0 aliphatic carbocycles. The average molecular weight is 251 g/mol. The molecular weight excluding hydrogens is 230 g/mol. The minimum Gasteiger partial charge on any atom is -0.496 e. The van der Waals surface area contributed by atoms with Crippen LogP contribution < -0.4 is 10.5 Å². The molecule has 94 valence electrons. The molecule has 1 rings (SSSR count). The maximum Gasteiger partial charge on any atom is 0.122 e. The summed E-state index contributed by atoms with van der Waals surface area (Å²) in [6.45, 7) is 6.39. The molecule has 3 heteroatoms. The van der Waals surface area contributed by atoms with E-state index in [1.54, 1.807) is 7.11 Å². The third-order valence-corrected chi connectivity index (χ3v) is 3.48. The van der Waals surface area contributed by atoms with E-state index in [0.717, 1.165) is 25.0 Å². The van der Waals surface area contributed by atoms with Crippen LogP contribution in [0.5, 0.6) is 5.75 Å². The molecule has 0 fully saturated rings. The van der Waals surface area contributed by atoms with Gasteiger partial charge in [-0.2, -0.15) is 0 Å². The van der Waals surface area contributed by atoms with Crippen molar-refractivity contribution in [3.8, 4) is 5.75 Å². The summed E-state index contributed by atoms with van der Waals surface area (Å²) in [6.07, 6.45) is 2.86. The van der Waals surface area contributed by atoms with E-state index in [4.69, 9.17) is 22.7 Å². The predicted molar refractivity (Wildman–Crippen MR) is 76.9 cm³/mol. The molecule has 1 aromatic rings. The normalized spacial score (nSPS) is 10.4. The Morgan fingerprint density at radius 1 is 1.29 bits per heavy atom. The van der Waals surface area contributed by atoms with Gasteiger partial charge >= 0.3 is 0 Å². The fraction of sp³-hybridized carbons (Fsp3) is 0.500. The fourth-order valence-corrected chi connectivity index (χ4v) is 2.28. The van der Waals surface area contributed by atoms with Gasteiger partial charge in [0.2, 0.25) is 0 Å². The summed E-state index contributed by atoms with van der Waals surface area (Å²) < 4.78 is 5.36. The number of hydrogen-bond donors (Lipinski definition) is 1. The molecule has 0 amide bonds. The number of benzene rings is 1.